The summed E-state index contributed by atoms with van der Waals surface area (Å²) in [6.45, 7) is 5.27. The Kier molecular flexibility index (Phi) is 3.39. The van der Waals surface area contributed by atoms with Crippen LogP contribution >= 0.6 is 0 Å². The molecule has 0 aromatic heterocycles. The highest BCUT2D eigenvalue weighted by atomic mass is 32.2. The maximum Gasteiger partial charge on any atom is 0.156 e. The first-order chi connectivity index (χ1) is 6.83. The average molecular weight is 227 g/mol. The second-order valence-corrected chi connectivity index (χ2v) is 6.60. The van der Waals surface area contributed by atoms with E-state index in [0.29, 0.717) is 5.69 Å². The van der Waals surface area contributed by atoms with Crippen LogP contribution in [0.2, 0.25) is 0 Å². The van der Waals surface area contributed by atoms with Gasteiger partial charge in [-0.1, -0.05) is 6.07 Å². The van der Waals surface area contributed by atoms with Gasteiger partial charge in [-0.2, -0.15) is 0 Å². The van der Waals surface area contributed by atoms with Crippen molar-refractivity contribution in [3.05, 3.63) is 29.3 Å². The molecule has 1 rings (SSSR count). The fraction of sp³-hybridized carbons (Fsp3) is 0.455. The van der Waals surface area contributed by atoms with Crippen LogP contribution in [0.25, 0.3) is 0 Å². The van der Waals surface area contributed by atoms with E-state index < -0.39 is 9.84 Å². The Bertz CT molecular complexity index is 450. The van der Waals surface area contributed by atoms with Crippen molar-refractivity contribution in [3.8, 4) is 0 Å². The van der Waals surface area contributed by atoms with Gasteiger partial charge in [-0.25, -0.2) is 8.42 Å². The third-order valence-corrected chi connectivity index (χ3v) is 4.59. The molecule has 1 aromatic rings. The fourth-order valence-electron chi connectivity index (χ4n) is 1.26. The molecule has 0 amide bonds. The molecule has 0 fully saturated rings. The summed E-state index contributed by atoms with van der Waals surface area (Å²) in [5.74, 6) is 0.0940. The van der Waals surface area contributed by atoms with Crippen molar-refractivity contribution in [2.75, 3.05) is 5.73 Å². The molecule has 0 bridgehead atoms. The Hall–Kier alpha value is -1.03. The van der Waals surface area contributed by atoms with E-state index in [1.807, 2.05) is 6.92 Å². The predicted octanol–water partition coefficient (Wildman–Crippen LogP) is 1.90. The van der Waals surface area contributed by atoms with E-state index in [0.717, 1.165) is 11.1 Å². The highest BCUT2D eigenvalue weighted by molar-refractivity contribution is 7.91. The summed E-state index contributed by atoms with van der Waals surface area (Å²) in [5.41, 5.74) is 8.03. The van der Waals surface area contributed by atoms with Gasteiger partial charge in [-0.05, 0) is 44.0 Å². The summed E-state index contributed by atoms with van der Waals surface area (Å²) in [6.07, 6.45) is 0. The van der Waals surface area contributed by atoms with Crippen molar-refractivity contribution in [2.24, 2.45) is 0 Å². The van der Waals surface area contributed by atoms with Crippen molar-refractivity contribution in [1.82, 2.24) is 0 Å². The quantitative estimate of drug-likeness (QED) is 0.802. The van der Waals surface area contributed by atoms with E-state index in [1.165, 1.54) is 0 Å². The van der Waals surface area contributed by atoms with Crippen molar-refractivity contribution >= 4 is 15.5 Å². The minimum absolute atomic E-state index is 0.0940. The average Bonchev–Trinajstić information content (AvgIpc) is 2.09. The normalized spacial score (nSPS) is 12.0. The number of hydrogen-bond acceptors (Lipinski definition) is 3. The van der Waals surface area contributed by atoms with E-state index in [-0.39, 0.29) is 11.0 Å². The van der Waals surface area contributed by atoms with Gasteiger partial charge in [0.25, 0.3) is 0 Å². The van der Waals surface area contributed by atoms with E-state index in [9.17, 15) is 8.42 Å². The van der Waals surface area contributed by atoms with Crippen LogP contribution in [0.5, 0.6) is 0 Å². The number of benzene rings is 1. The van der Waals surface area contributed by atoms with Crippen LogP contribution in [0, 0.1) is 6.92 Å². The molecule has 3 nitrogen and oxygen atoms in total. The number of hydrogen-bond donors (Lipinski definition) is 1. The summed E-state index contributed by atoms with van der Waals surface area (Å²) < 4.78 is 23.4. The molecule has 15 heavy (non-hydrogen) atoms. The standard InChI is InChI=1S/C11H17NO2S/c1-8(2)15(13,14)7-10-4-5-11(12)6-9(10)3/h4-6,8H,7,12H2,1-3H3. The highest BCUT2D eigenvalue weighted by Gasteiger charge is 2.17. The molecule has 0 unspecified atom stereocenters. The maximum absolute atomic E-state index is 11.7. The number of sulfone groups is 1. The molecule has 0 heterocycles. The summed E-state index contributed by atoms with van der Waals surface area (Å²) in [4.78, 5) is 0. The van der Waals surface area contributed by atoms with Gasteiger partial charge in [0.15, 0.2) is 9.84 Å². The van der Waals surface area contributed by atoms with Gasteiger partial charge in [0.05, 0.1) is 11.0 Å². The minimum Gasteiger partial charge on any atom is -0.399 e. The lowest BCUT2D eigenvalue weighted by Gasteiger charge is -2.10. The lowest BCUT2D eigenvalue weighted by Crippen LogP contribution is -2.16. The van der Waals surface area contributed by atoms with Crippen LogP contribution < -0.4 is 5.73 Å². The van der Waals surface area contributed by atoms with E-state index >= 15 is 0 Å². The number of nitrogens with two attached hydrogens (primary N) is 1. The topological polar surface area (TPSA) is 60.2 Å². The molecule has 4 heteroatoms. The Labute approximate surface area is 91.2 Å². The van der Waals surface area contributed by atoms with Gasteiger partial charge in [-0.15, -0.1) is 0 Å². The van der Waals surface area contributed by atoms with E-state index in [2.05, 4.69) is 0 Å². The zero-order valence-electron chi connectivity index (χ0n) is 9.32. The number of rotatable bonds is 3. The van der Waals surface area contributed by atoms with Crippen molar-refractivity contribution in [1.29, 1.82) is 0 Å². The lowest BCUT2D eigenvalue weighted by molar-refractivity contribution is 0.586. The van der Waals surface area contributed by atoms with E-state index in [1.54, 1.807) is 32.0 Å². The summed E-state index contributed by atoms with van der Waals surface area (Å²) >= 11 is 0. The predicted molar refractivity (Wildman–Crippen MR) is 63.4 cm³/mol. The Balaban J connectivity index is 3.01. The molecule has 0 radical (unpaired) electrons. The van der Waals surface area contributed by atoms with Gasteiger partial charge in [0.1, 0.15) is 0 Å². The van der Waals surface area contributed by atoms with Gasteiger partial charge < -0.3 is 5.73 Å². The molecular weight excluding hydrogens is 210 g/mol. The van der Waals surface area contributed by atoms with Gasteiger partial charge in [0.2, 0.25) is 0 Å². The summed E-state index contributed by atoms with van der Waals surface area (Å²) in [7, 11) is -3.03. The van der Waals surface area contributed by atoms with Crippen LogP contribution in [0.3, 0.4) is 0 Å². The Morgan fingerprint density at radius 1 is 1.33 bits per heavy atom. The Morgan fingerprint density at radius 2 is 1.93 bits per heavy atom. The van der Waals surface area contributed by atoms with Crippen LogP contribution in [-0.4, -0.2) is 13.7 Å². The van der Waals surface area contributed by atoms with E-state index in [4.69, 9.17) is 5.73 Å². The number of nitrogen functional groups attached to an aromatic ring is 1. The molecule has 0 saturated carbocycles. The second-order valence-electron chi connectivity index (χ2n) is 4.04. The zero-order valence-corrected chi connectivity index (χ0v) is 10.1. The molecule has 0 atom stereocenters. The smallest absolute Gasteiger partial charge is 0.156 e. The molecule has 0 saturated heterocycles. The van der Waals surface area contributed by atoms with Gasteiger partial charge in [-0.3, -0.25) is 0 Å². The van der Waals surface area contributed by atoms with Gasteiger partial charge >= 0.3 is 0 Å². The van der Waals surface area contributed by atoms with Crippen molar-refractivity contribution in [3.63, 3.8) is 0 Å². The molecular formula is C11H17NO2S. The molecule has 0 aliphatic carbocycles. The molecule has 0 aliphatic rings. The van der Waals surface area contributed by atoms with Crippen LogP contribution in [0.1, 0.15) is 25.0 Å². The molecule has 2 N–H and O–H groups in total. The first kappa shape index (κ1) is 12.0. The van der Waals surface area contributed by atoms with Crippen LogP contribution in [-0.2, 0) is 15.6 Å². The lowest BCUT2D eigenvalue weighted by atomic mass is 10.1. The fourth-order valence-corrected chi connectivity index (χ4v) is 2.36. The minimum atomic E-state index is -3.03. The van der Waals surface area contributed by atoms with Crippen molar-refractivity contribution in [2.45, 2.75) is 31.8 Å². The Morgan fingerprint density at radius 3 is 2.40 bits per heavy atom. The highest BCUT2D eigenvalue weighted by Crippen LogP contribution is 2.17. The molecule has 0 spiro atoms. The first-order valence-corrected chi connectivity index (χ1v) is 6.61. The second kappa shape index (κ2) is 4.23. The van der Waals surface area contributed by atoms with Crippen LogP contribution in [0.4, 0.5) is 5.69 Å². The van der Waals surface area contributed by atoms with Gasteiger partial charge in [0, 0.05) is 5.69 Å². The third kappa shape index (κ3) is 2.96. The first-order valence-electron chi connectivity index (χ1n) is 4.89. The number of anilines is 1. The zero-order chi connectivity index (χ0) is 11.6. The molecule has 0 aliphatic heterocycles. The van der Waals surface area contributed by atoms with Crippen molar-refractivity contribution < 1.29 is 8.42 Å². The summed E-state index contributed by atoms with van der Waals surface area (Å²) in [6, 6.07) is 5.31. The molecule has 1 aromatic carbocycles. The largest absolute Gasteiger partial charge is 0.399 e. The number of aryl methyl sites for hydroxylation is 1. The summed E-state index contributed by atoms with van der Waals surface area (Å²) in [5, 5.41) is -0.338. The molecule has 84 valence electrons. The SMILES string of the molecule is Cc1cc(N)ccc1CS(=O)(=O)C(C)C. The monoisotopic (exact) mass is 227 g/mol. The van der Waals surface area contributed by atoms with Crippen LogP contribution in [0.15, 0.2) is 18.2 Å². The maximum atomic E-state index is 11.7. The third-order valence-electron chi connectivity index (χ3n) is 2.44.